The van der Waals surface area contributed by atoms with Gasteiger partial charge < -0.3 is 0 Å². The number of hydrogen-bond acceptors (Lipinski definition) is 6. The molecule has 4 saturated carbocycles. The lowest BCUT2D eigenvalue weighted by molar-refractivity contribution is -0.385. The van der Waals surface area contributed by atoms with Crippen LogP contribution in [-0.2, 0) is 12.5 Å². The number of rotatable bonds is 4. The number of nitrogens with zero attached hydrogens (tertiary/aromatic N) is 4. The molecule has 2 heterocycles. The van der Waals surface area contributed by atoms with Gasteiger partial charge in [0.2, 0.25) is 5.69 Å². The van der Waals surface area contributed by atoms with Crippen LogP contribution in [0.15, 0.2) is 5.38 Å². The van der Waals surface area contributed by atoms with Crippen molar-refractivity contribution in [3.05, 3.63) is 32.6 Å². The van der Waals surface area contributed by atoms with Crippen LogP contribution in [0.3, 0.4) is 0 Å². The Balaban J connectivity index is 1.40. The van der Waals surface area contributed by atoms with Crippen LogP contribution in [0, 0.1) is 34.8 Å². The highest BCUT2D eigenvalue weighted by atomic mass is 32.1. The zero-order valence-corrected chi connectivity index (χ0v) is 16.8. The number of amides is 1. The summed E-state index contributed by atoms with van der Waals surface area (Å²) in [4.78, 5) is 28.3. The van der Waals surface area contributed by atoms with Crippen LogP contribution in [0.25, 0.3) is 0 Å². The molecular weight excluding hydrogens is 378 g/mol. The molecule has 1 N–H and O–H groups in total. The summed E-state index contributed by atoms with van der Waals surface area (Å²) in [5.74, 6) is 1.93. The number of aryl methyl sites for hydroxylation is 2. The minimum absolute atomic E-state index is 0.0472. The molecule has 0 spiro atoms. The fourth-order valence-corrected chi connectivity index (χ4v) is 7.10. The molecule has 4 aliphatic carbocycles. The first-order valence-electron chi connectivity index (χ1n) is 9.80. The van der Waals surface area contributed by atoms with Gasteiger partial charge in [0.05, 0.1) is 10.6 Å². The fourth-order valence-electron chi connectivity index (χ4n) is 6.28. The van der Waals surface area contributed by atoms with Crippen molar-refractivity contribution in [2.24, 2.45) is 24.8 Å². The van der Waals surface area contributed by atoms with Crippen LogP contribution >= 0.6 is 11.3 Å². The lowest BCUT2D eigenvalue weighted by Gasteiger charge is -2.56. The number of carbonyl (C=O) groups is 1. The Morgan fingerprint density at radius 3 is 2.46 bits per heavy atom. The average molecular weight is 401 g/mol. The van der Waals surface area contributed by atoms with Crippen LogP contribution in [0.4, 0.5) is 10.8 Å². The molecule has 0 unspecified atom stereocenters. The van der Waals surface area contributed by atoms with E-state index in [1.54, 1.807) is 0 Å². The lowest BCUT2D eigenvalue weighted by atomic mass is 9.49. The zero-order chi connectivity index (χ0) is 19.6. The first-order valence-corrected chi connectivity index (χ1v) is 10.7. The first-order chi connectivity index (χ1) is 13.3. The zero-order valence-electron chi connectivity index (χ0n) is 16.0. The third-order valence-electron chi connectivity index (χ3n) is 6.89. The Kier molecular flexibility index (Phi) is 3.88. The summed E-state index contributed by atoms with van der Waals surface area (Å²) in [5.41, 5.74) is 1.20. The third kappa shape index (κ3) is 2.67. The number of hydrogen-bond donors (Lipinski definition) is 1. The molecule has 2 aromatic heterocycles. The molecule has 4 aliphatic rings. The Bertz CT molecular complexity index is 943. The van der Waals surface area contributed by atoms with E-state index < -0.39 is 10.8 Å². The van der Waals surface area contributed by atoms with Gasteiger partial charge in [-0.05, 0) is 63.2 Å². The summed E-state index contributed by atoms with van der Waals surface area (Å²) in [7, 11) is 1.54. The summed E-state index contributed by atoms with van der Waals surface area (Å²) in [6, 6.07) is 0. The normalized spacial score (nSPS) is 30.6. The van der Waals surface area contributed by atoms with E-state index >= 15 is 0 Å². The Labute approximate surface area is 166 Å². The number of anilines is 1. The van der Waals surface area contributed by atoms with Crippen molar-refractivity contribution in [3.63, 3.8) is 0 Å². The van der Waals surface area contributed by atoms with Crippen molar-refractivity contribution in [2.75, 3.05) is 5.32 Å². The Morgan fingerprint density at radius 2 is 1.89 bits per heavy atom. The number of thiazole rings is 1. The minimum atomic E-state index is -0.556. The van der Waals surface area contributed by atoms with Crippen molar-refractivity contribution >= 4 is 28.1 Å². The quantitative estimate of drug-likeness (QED) is 0.620. The molecule has 6 rings (SSSR count). The molecule has 1 amide bonds. The van der Waals surface area contributed by atoms with E-state index in [-0.39, 0.29) is 22.5 Å². The van der Waals surface area contributed by atoms with Gasteiger partial charge in [-0.3, -0.25) is 24.9 Å². The summed E-state index contributed by atoms with van der Waals surface area (Å²) < 4.78 is 1.26. The van der Waals surface area contributed by atoms with Gasteiger partial charge in [0.25, 0.3) is 5.91 Å². The Morgan fingerprint density at radius 1 is 1.29 bits per heavy atom. The molecule has 4 fully saturated rings. The van der Waals surface area contributed by atoms with E-state index in [9.17, 15) is 14.9 Å². The van der Waals surface area contributed by atoms with E-state index in [4.69, 9.17) is 4.98 Å². The molecule has 0 aliphatic heterocycles. The molecule has 2 aromatic rings. The smallest absolute Gasteiger partial charge is 0.296 e. The monoisotopic (exact) mass is 401 g/mol. The molecule has 0 aromatic carbocycles. The molecule has 148 valence electrons. The standard InChI is InChI=1S/C19H23N5O3S/c1-10-15(24(26)27)16(23(2)22-10)17(25)21-18-20-14(9-28-18)19-6-11-3-12(7-19)5-13(4-11)8-19/h9,11-13H,3-8H2,1-2H3,(H,20,21,25). The molecule has 0 radical (unpaired) electrons. The molecule has 4 bridgehead atoms. The topological polar surface area (TPSA) is 103 Å². The van der Waals surface area contributed by atoms with Crippen molar-refractivity contribution in [1.82, 2.24) is 14.8 Å². The van der Waals surface area contributed by atoms with Crippen LogP contribution in [-0.4, -0.2) is 25.6 Å². The second-order valence-corrected chi connectivity index (χ2v) is 9.71. The van der Waals surface area contributed by atoms with Crippen molar-refractivity contribution < 1.29 is 9.72 Å². The van der Waals surface area contributed by atoms with Gasteiger partial charge in [0, 0.05) is 17.8 Å². The second-order valence-electron chi connectivity index (χ2n) is 8.85. The molecule has 8 nitrogen and oxygen atoms in total. The maximum atomic E-state index is 12.7. The maximum absolute atomic E-state index is 12.7. The molecule has 0 atom stereocenters. The predicted octanol–water partition coefficient (Wildman–Crippen LogP) is 3.81. The van der Waals surface area contributed by atoms with E-state index in [0.29, 0.717) is 5.13 Å². The van der Waals surface area contributed by atoms with Gasteiger partial charge in [-0.15, -0.1) is 11.3 Å². The number of nitro groups is 1. The van der Waals surface area contributed by atoms with E-state index in [2.05, 4.69) is 15.8 Å². The van der Waals surface area contributed by atoms with Crippen molar-refractivity contribution in [1.29, 1.82) is 0 Å². The highest BCUT2D eigenvalue weighted by molar-refractivity contribution is 7.14. The van der Waals surface area contributed by atoms with Gasteiger partial charge in [-0.1, -0.05) is 0 Å². The summed E-state index contributed by atoms with van der Waals surface area (Å²) in [6.07, 6.45) is 7.75. The maximum Gasteiger partial charge on any atom is 0.322 e. The van der Waals surface area contributed by atoms with E-state index in [1.165, 1.54) is 68.5 Å². The molecular formula is C19H23N5O3S. The molecule has 9 heteroatoms. The van der Waals surface area contributed by atoms with Crippen molar-refractivity contribution in [3.8, 4) is 0 Å². The van der Waals surface area contributed by atoms with Gasteiger partial charge in [-0.2, -0.15) is 5.10 Å². The predicted molar refractivity (Wildman–Crippen MR) is 105 cm³/mol. The van der Waals surface area contributed by atoms with Gasteiger partial charge in [0.15, 0.2) is 5.13 Å². The number of aromatic nitrogens is 3. The second kappa shape index (κ2) is 6.10. The van der Waals surface area contributed by atoms with Crippen LogP contribution in [0.5, 0.6) is 0 Å². The van der Waals surface area contributed by atoms with E-state index in [0.717, 1.165) is 23.4 Å². The third-order valence-corrected chi connectivity index (χ3v) is 7.65. The van der Waals surface area contributed by atoms with Crippen molar-refractivity contribution in [2.45, 2.75) is 50.9 Å². The highest BCUT2D eigenvalue weighted by Gasteiger charge is 2.52. The molecule has 0 saturated heterocycles. The summed E-state index contributed by atoms with van der Waals surface area (Å²) >= 11 is 1.41. The number of nitrogens with one attached hydrogen (secondary N) is 1. The largest absolute Gasteiger partial charge is 0.322 e. The van der Waals surface area contributed by atoms with Crippen LogP contribution < -0.4 is 5.32 Å². The first kappa shape index (κ1) is 17.8. The fraction of sp³-hybridized carbons (Fsp3) is 0.632. The Hall–Kier alpha value is -2.29. The number of carbonyl (C=O) groups excluding carboxylic acids is 1. The van der Waals surface area contributed by atoms with Gasteiger partial charge in [0.1, 0.15) is 5.69 Å². The SMILES string of the molecule is Cc1nn(C)c(C(=O)Nc2nc(C34CC5CC(CC(C5)C3)C4)cs2)c1[N+](=O)[O-]. The lowest BCUT2D eigenvalue weighted by Crippen LogP contribution is -2.48. The van der Waals surface area contributed by atoms with E-state index in [1.807, 2.05) is 0 Å². The van der Waals surface area contributed by atoms with Crippen LogP contribution in [0.2, 0.25) is 0 Å². The molecule has 28 heavy (non-hydrogen) atoms. The summed E-state index contributed by atoms with van der Waals surface area (Å²) in [6.45, 7) is 1.53. The van der Waals surface area contributed by atoms with Gasteiger partial charge in [-0.25, -0.2) is 4.98 Å². The summed E-state index contributed by atoms with van der Waals surface area (Å²) in [5, 5.41) is 20.7. The van der Waals surface area contributed by atoms with Gasteiger partial charge >= 0.3 is 5.69 Å². The highest BCUT2D eigenvalue weighted by Crippen LogP contribution is 2.60. The average Bonchev–Trinajstić information content (AvgIpc) is 3.17. The minimum Gasteiger partial charge on any atom is -0.296 e. The van der Waals surface area contributed by atoms with Crippen LogP contribution in [0.1, 0.15) is 60.4 Å².